The van der Waals surface area contributed by atoms with Gasteiger partial charge in [0.25, 0.3) is 0 Å². The summed E-state index contributed by atoms with van der Waals surface area (Å²) in [5.41, 5.74) is 3.90. The molecular weight excluding hydrogens is 428 g/mol. The summed E-state index contributed by atoms with van der Waals surface area (Å²) in [5.74, 6) is 3.17. The third-order valence-corrected chi connectivity index (χ3v) is 6.37. The topological polar surface area (TPSA) is 95.6 Å². The van der Waals surface area contributed by atoms with Crippen molar-refractivity contribution in [2.24, 2.45) is 7.05 Å². The molecule has 3 aromatic heterocycles. The molecule has 1 saturated heterocycles. The summed E-state index contributed by atoms with van der Waals surface area (Å²) in [5, 5.41) is 20.7. The predicted octanol–water partition coefficient (Wildman–Crippen LogP) is 3.63. The number of benzene rings is 1. The Labute approximate surface area is 199 Å². The molecule has 0 aliphatic carbocycles. The van der Waals surface area contributed by atoms with E-state index >= 15 is 0 Å². The van der Waals surface area contributed by atoms with Gasteiger partial charge in [-0.15, -0.1) is 15.3 Å². The molecular formula is C25H30N8O. The van der Waals surface area contributed by atoms with Crippen molar-refractivity contribution >= 4 is 0 Å². The lowest BCUT2D eigenvalue weighted by atomic mass is 9.95. The molecule has 176 valence electrons. The van der Waals surface area contributed by atoms with Crippen molar-refractivity contribution in [1.82, 2.24) is 40.1 Å². The van der Waals surface area contributed by atoms with Crippen molar-refractivity contribution in [3.05, 3.63) is 65.9 Å². The van der Waals surface area contributed by atoms with Gasteiger partial charge >= 0.3 is 0 Å². The zero-order valence-electron chi connectivity index (χ0n) is 19.8. The van der Waals surface area contributed by atoms with Crippen LogP contribution in [0.5, 0.6) is 5.75 Å². The molecule has 34 heavy (non-hydrogen) atoms. The van der Waals surface area contributed by atoms with Gasteiger partial charge < -0.3 is 14.6 Å². The summed E-state index contributed by atoms with van der Waals surface area (Å²) < 4.78 is 9.68. The summed E-state index contributed by atoms with van der Waals surface area (Å²) >= 11 is 0. The molecule has 0 spiro atoms. The van der Waals surface area contributed by atoms with E-state index in [-0.39, 0.29) is 0 Å². The molecule has 1 N–H and O–H groups in total. The van der Waals surface area contributed by atoms with Gasteiger partial charge in [-0.25, -0.2) is 4.68 Å². The minimum atomic E-state index is 0.335. The highest BCUT2D eigenvalue weighted by Gasteiger charge is 2.19. The van der Waals surface area contributed by atoms with Crippen LogP contribution in [0.25, 0.3) is 17.2 Å². The fourth-order valence-electron chi connectivity index (χ4n) is 4.18. The molecule has 0 saturated carbocycles. The van der Waals surface area contributed by atoms with E-state index in [2.05, 4.69) is 56.8 Å². The van der Waals surface area contributed by atoms with Gasteiger partial charge in [0.1, 0.15) is 18.1 Å². The van der Waals surface area contributed by atoms with Gasteiger partial charge in [0.05, 0.1) is 23.8 Å². The summed E-state index contributed by atoms with van der Waals surface area (Å²) in [6, 6.07) is 12.1. The van der Waals surface area contributed by atoms with Gasteiger partial charge in [0, 0.05) is 13.0 Å². The Balaban J connectivity index is 1.27. The average Bonchev–Trinajstić information content (AvgIpc) is 3.51. The largest absolute Gasteiger partial charge is 0.486 e. The Morgan fingerprint density at radius 1 is 1.09 bits per heavy atom. The van der Waals surface area contributed by atoms with E-state index in [9.17, 15) is 0 Å². The number of nitrogens with one attached hydrogen (secondary N) is 1. The number of rotatable bonds is 7. The Morgan fingerprint density at radius 3 is 2.71 bits per heavy atom. The van der Waals surface area contributed by atoms with Crippen molar-refractivity contribution in [1.29, 1.82) is 0 Å². The number of piperidine rings is 1. The second-order valence-corrected chi connectivity index (χ2v) is 9.03. The van der Waals surface area contributed by atoms with E-state index < -0.39 is 0 Å². The fraction of sp³-hybridized carbons (Fsp3) is 0.400. The van der Waals surface area contributed by atoms with Crippen LogP contribution in [-0.2, 0) is 13.7 Å². The van der Waals surface area contributed by atoms with Crippen molar-refractivity contribution in [2.75, 3.05) is 13.1 Å². The predicted molar refractivity (Wildman–Crippen MR) is 129 cm³/mol. The SMILES string of the molecule is CC(C)c1cccc(OCc2nnc(-c3ccc(-n4cc(C5CCNCC5)nn4)cn3)n2C)c1. The molecule has 4 aromatic rings. The van der Waals surface area contributed by atoms with E-state index in [1.807, 2.05) is 42.1 Å². The third kappa shape index (κ3) is 4.70. The Hall–Kier alpha value is -3.59. The van der Waals surface area contributed by atoms with Gasteiger partial charge in [-0.3, -0.25) is 4.98 Å². The highest BCUT2D eigenvalue weighted by atomic mass is 16.5. The Bertz CT molecular complexity index is 1240. The van der Waals surface area contributed by atoms with Crippen molar-refractivity contribution < 1.29 is 4.74 Å². The molecule has 9 heteroatoms. The normalized spacial score (nSPS) is 14.6. The maximum atomic E-state index is 5.98. The first-order valence-electron chi connectivity index (χ1n) is 11.8. The van der Waals surface area contributed by atoms with Crippen LogP contribution in [0.3, 0.4) is 0 Å². The van der Waals surface area contributed by atoms with Crippen LogP contribution in [0, 0.1) is 0 Å². The van der Waals surface area contributed by atoms with E-state index in [1.54, 1.807) is 10.9 Å². The first-order chi connectivity index (χ1) is 16.6. The van der Waals surface area contributed by atoms with Crippen molar-refractivity contribution in [2.45, 2.75) is 45.1 Å². The van der Waals surface area contributed by atoms with Gasteiger partial charge in [0.2, 0.25) is 0 Å². The lowest BCUT2D eigenvalue weighted by Crippen LogP contribution is -2.26. The van der Waals surface area contributed by atoms with Crippen molar-refractivity contribution in [3.8, 4) is 23.0 Å². The highest BCUT2D eigenvalue weighted by molar-refractivity contribution is 5.51. The molecule has 0 amide bonds. The summed E-state index contributed by atoms with van der Waals surface area (Å²) in [7, 11) is 1.93. The monoisotopic (exact) mass is 458 g/mol. The molecule has 0 unspecified atom stereocenters. The Kier molecular flexibility index (Phi) is 6.35. The fourth-order valence-corrected chi connectivity index (χ4v) is 4.18. The first-order valence-corrected chi connectivity index (χ1v) is 11.8. The van der Waals surface area contributed by atoms with E-state index in [0.29, 0.717) is 24.3 Å². The zero-order valence-corrected chi connectivity index (χ0v) is 19.8. The lowest BCUT2D eigenvalue weighted by Gasteiger charge is -2.19. The van der Waals surface area contributed by atoms with Crippen molar-refractivity contribution in [3.63, 3.8) is 0 Å². The second-order valence-electron chi connectivity index (χ2n) is 9.03. The minimum Gasteiger partial charge on any atom is -0.486 e. The molecule has 1 aromatic carbocycles. The number of aromatic nitrogens is 7. The number of hydrogen-bond acceptors (Lipinski definition) is 7. The number of nitrogens with zero attached hydrogens (tertiary/aromatic N) is 7. The van der Waals surface area contributed by atoms with Crippen LogP contribution in [0.15, 0.2) is 48.8 Å². The molecule has 9 nitrogen and oxygen atoms in total. The molecule has 5 rings (SSSR count). The maximum Gasteiger partial charge on any atom is 0.182 e. The average molecular weight is 459 g/mol. The summed E-state index contributed by atoms with van der Waals surface area (Å²) in [6.07, 6.45) is 5.99. The third-order valence-electron chi connectivity index (χ3n) is 6.37. The van der Waals surface area contributed by atoms with E-state index in [1.165, 1.54) is 5.56 Å². The highest BCUT2D eigenvalue weighted by Crippen LogP contribution is 2.24. The number of hydrogen-bond donors (Lipinski definition) is 1. The molecule has 0 bridgehead atoms. The number of ether oxygens (including phenoxy) is 1. The molecule has 1 aliphatic heterocycles. The molecule has 1 fully saturated rings. The van der Waals surface area contributed by atoms with Crippen LogP contribution in [0.1, 0.15) is 55.6 Å². The second kappa shape index (κ2) is 9.72. The van der Waals surface area contributed by atoms with Crippen LogP contribution in [0.2, 0.25) is 0 Å². The molecule has 0 atom stereocenters. The molecule has 0 radical (unpaired) electrons. The molecule has 1 aliphatic rings. The Morgan fingerprint density at radius 2 is 1.94 bits per heavy atom. The van der Waals surface area contributed by atoms with E-state index in [0.717, 1.165) is 54.6 Å². The van der Waals surface area contributed by atoms with E-state index in [4.69, 9.17) is 4.74 Å². The van der Waals surface area contributed by atoms with Gasteiger partial charge in [-0.1, -0.05) is 31.2 Å². The van der Waals surface area contributed by atoms with Gasteiger partial charge in [-0.2, -0.15) is 0 Å². The van der Waals surface area contributed by atoms with Gasteiger partial charge in [0.15, 0.2) is 11.6 Å². The van der Waals surface area contributed by atoms with Gasteiger partial charge in [-0.05, 0) is 61.7 Å². The summed E-state index contributed by atoms with van der Waals surface area (Å²) in [6.45, 7) is 6.73. The maximum absolute atomic E-state index is 5.98. The van der Waals surface area contributed by atoms with Crippen LogP contribution < -0.4 is 10.1 Å². The standard InChI is InChI=1S/C25H30N8O/c1-17(2)19-5-4-6-21(13-19)34-16-24-29-30-25(32(24)3)22-8-7-20(14-27-22)33-15-23(28-31-33)18-9-11-26-12-10-18/h4-8,13-15,17-18,26H,9-12,16H2,1-3H3. The van der Waals surface area contributed by atoms with Crippen LogP contribution in [-0.4, -0.2) is 47.8 Å². The minimum absolute atomic E-state index is 0.335. The first kappa shape index (κ1) is 22.2. The van der Waals surface area contributed by atoms with Crippen LogP contribution in [0.4, 0.5) is 0 Å². The zero-order chi connectivity index (χ0) is 23.5. The number of pyridine rings is 1. The lowest BCUT2D eigenvalue weighted by molar-refractivity contribution is 0.291. The quantitative estimate of drug-likeness (QED) is 0.452. The summed E-state index contributed by atoms with van der Waals surface area (Å²) in [4.78, 5) is 4.61. The smallest absolute Gasteiger partial charge is 0.182 e. The van der Waals surface area contributed by atoms with Crippen LogP contribution >= 0.6 is 0 Å². The molecule has 4 heterocycles.